The minimum atomic E-state index is -4.47. The third-order valence-electron chi connectivity index (χ3n) is 6.13. The molecule has 5 rings (SSSR count). The normalized spacial score (nSPS) is 17.1. The number of benzene rings is 1. The summed E-state index contributed by atoms with van der Waals surface area (Å²) in [5, 5.41) is 0. The van der Waals surface area contributed by atoms with Crippen molar-refractivity contribution < 1.29 is 22.3 Å². The fourth-order valence-electron chi connectivity index (χ4n) is 4.27. The van der Waals surface area contributed by atoms with Crippen LogP contribution in [0, 0.1) is 5.82 Å². The zero-order valence-electron chi connectivity index (χ0n) is 18.9. The molecule has 184 valence electrons. The first-order chi connectivity index (χ1) is 16.9. The molecule has 2 aromatic heterocycles. The van der Waals surface area contributed by atoms with E-state index in [4.69, 9.17) is 14.7 Å². The van der Waals surface area contributed by atoms with E-state index >= 15 is 0 Å². The maximum atomic E-state index is 13.5. The maximum Gasteiger partial charge on any atom is 0.419 e. The first-order valence-corrected chi connectivity index (χ1v) is 11.4. The van der Waals surface area contributed by atoms with Crippen LogP contribution in [0.2, 0.25) is 0 Å². The first kappa shape index (κ1) is 23.3. The van der Waals surface area contributed by atoms with E-state index in [1.807, 2.05) is 11.0 Å². The van der Waals surface area contributed by atoms with Crippen LogP contribution in [0.25, 0.3) is 11.3 Å². The van der Waals surface area contributed by atoms with Crippen molar-refractivity contribution in [1.29, 1.82) is 0 Å². The van der Waals surface area contributed by atoms with E-state index in [1.54, 1.807) is 17.0 Å². The van der Waals surface area contributed by atoms with Crippen LogP contribution < -0.4 is 14.7 Å². The highest BCUT2D eigenvalue weighted by Gasteiger charge is 2.36. The van der Waals surface area contributed by atoms with Gasteiger partial charge in [0, 0.05) is 57.1 Å². The second kappa shape index (κ2) is 9.65. The standard InChI is InChI=1S/C24H24F4N6O/c25-18-5-3-17(4-6-18)20-16-21(32-12-14-35-15-13-32)31-23(30-20)34-10-8-33(9-11-34)22-19(24(26,27)28)2-1-7-29-22/h1-7,16H,8-15H2. The summed E-state index contributed by atoms with van der Waals surface area (Å²) in [6, 6.07) is 10.3. The van der Waals surface area contributed by atoms with Crippen LogP contribution in [0.5, 0.6) is 0 Å². The molecule has 0 atom stereocenters. The molecule has 4 heterocycles. The van der Waals surface area contributed by atoms with Gasteiger partial charge < -0.3 is 19.4 Å². The van der Waals surface area contributed by atoms with Crippen molar-refractivity contribution in [3.8, 4) is 11.3 Å². The number of rotatable bonds is 4. The number of hydrogen-bond donors (Lipinski definition) is 0. The SMILES string of the molecule is Fc1ccc(-c2cc(N3CCOCC3)nc(N3CCN(c4ncccc4C(F)(F)F)CC3)n2)cc1. The highest BCUT2D eigenvalue weighted by Crippen LogP contribution is 2.35. The van der Waals surface area contributed by atoms with Crippen molar-refractivity contribution in [1.82, 2.24) is 15.0 Å². The third-order valence-corrected chi connectivity index (χ3v) is 6.13. The van der Waals surface area contributed by atoms with Crippen LogP contribution in [0.4, 0.5) is 35.1 Å². The van der Waals surface area contributed by atoms with Crippen molar-refractivity contribution in [2.24, 2.45) is 0 Å². The summed E-state index contributed by atoms with van der Waals surface area (Å²) in [5.41, 5.74) is 0.673. The monoisotopic (exact) mass is 488 g/mol. The summed E-state index contributed by atoms with van der Waals surface area (Å²) >= 11 is 0. The Balaban J connectivity index is 1.41. The van der Waals surface area contributed by atoms with E-state index in [0.717, 1.165) is 17.4 Å². The fourth-order valence-corrected chi connectivity index (χ4v) is 4.27. The Morgan fingerprint density at radius 2 is 1.49 bits per heavy atom. The van der Waals surface area contributed by atoms with Gasteiger partial charge in [-0.3, -0.25) is 0 Å². The van der Waals surface area contributed by atoms with Crippen LogP contribution in [-0.4, -0.2) is 67.4 Å². The highest BCUT2D eigenvalue weighted by atomic mass is 19.4. The molecule has 2 aliphatic rings. The van der Waals surface area contributed by atoms with E-state index < -0.39 is 11.7 Å². The molecule has 7 nitrogen and oxygen atoms in total. The summed E-state index contributed by atoms with van der Waals surface area (Å²) in [6.07, 6.45) is -3.10. The average Bonchev–Trinajstić information content (AvgIpc) is 2.89. The number of hydrogen-bond acceptors (Lipinski definition) is 7. The minimum absolute atomic E-state index is 0.0605. The van der Waals surface area contributed by atoms with Crippen LogP contribution >= 0.6 is 0 Å². The first-order valence-electron chi connectivity index (χ1n) is 11.4. The van der Waals surface area contributed by atoms with Crippen molar-refractivity contribution in [2.45, 2.75) is 6.18 Å². The Kier molecular flexibility index (Phi) is 6.42. The molecular weight excluding hydrogens is 464 g/mol. The molecule has 0 amide bonds. The van der Waals surface area contributed by atoms with Gasteiger partial charge in [0.1, 0.15) is 17.5 Å². The van der Waals surface area contributed by atoms with Gasteiger partial charge in [-0.2, -0.15) is 18.2 Å². The Morgan fingerprint density at radius 1 is 0.800 bits per heavy atom. The smallest absolute Gasteiger partial charge is 0.378 e. The summed E-state index contributed by atoms with van der Waals surface area (Å²) < 4.78 is 59.3. The number of piperazine rings is 1. The van der Waals surface area contributed by atoms with Crippen molar-refractivity contribution in [3.63, 3.8) is 0 Å². The number of anilines is 3. The van der Waals surface area contributed by atoms with Crippen molar-refractivity contribution in [2.75, 3.05) is 67.2 Å². The summed E-state index contributed by atoms with van der Waals surface area (Å²) in [7, 11) is 0. The van der Waals surface area contributed by atoms with Gasteiger partial charge in [-0.05, 0) is 36.4 Å². The zero-order chi connectivity index (χ0) is 24.4. The van der Waals surface area contributed by atoms with Gasteiger partial charge in [0.05, 0.1) is 24.5 Å². The molecule has 3 aromatic rings. The van der Waals surface area contributed by atoms with E-state index in [9.17, 15) is 17.6 Å². The average molecular weight is 488 g/mol. The maximum absolute atomic E-state index is 13.5. The Bertz CT molecular complexity index is 1160. The van der Waals surface area contributed by atoms with Crippen LogP contribution in [0.3, 0.4) is 0 Å². The summed E-state index contributed by atoms with van der Waals surface area (Å²) in [4.78, 5) is 19.2. The number of pyridine rings is 1. The van der Waals surface area contributed by atoms with E-state index in [0.29, 0.717) is 64.1 Å². The number of nitrogens with zero attached hydrogens (tertiary/aromatic N) is 6. The molecule has 0 spiro atoms. The highest BCUT2D eigenvalue weighted by molar-refractivity contribution is 5.65. The van der Waals surface area contributed by atoms with Crippen LogP contribution in [0.15, 0.2) is 48.7 Å². The zero-order valence-corrected chi connectivity index (χ0v) is 18.9. The van der Waals surface area contributed by atoms with Gasteiger partial charge in [-0.25, -0.2) is 14.4 Å². The number of morpholine rings is 1. The number of halogens is 4. The van der Waals surface area contributed by atoms with Gasteiger partial charge in [-0.15, -0.1) is 0 Å². The lowest BCUT2D eigenvalue weighted by Gasteiger charge is -2.37. The summed E-state index contributed by atoms with van der Waals surface area (Å²) in [6.45, 7) is 4.12. The molecule has 11 heteroatoms. The molecule has 0 saturated carbocycles. The molecule has 35 heavy (non-hydrogen) atoms. The van der Waals surface area contributed by atoms with Crippen LogP contribution in [-0.2, 0) is 10.9 Å². The molecule has 0 unspecified atom stereocenters. The lowest BCUT2D eigenvalue weighted by atomic mass is 10.1. The lowest BCUT2D eigenvalue weighted by molar-refractivity contribution is -0.137. The van der Waals surface area contributed by atoms with E-state index in [2.05, 4.69) is 9.88 Å². The Hall–Kier alpha value is -3.47. The fraction of sp³-hybridized carbons (Fsp3) is 0.375. The second-order valence-electron chi connectivity index (χ2n) is 8.36. The molecule has 0 N–H and O–H groups in total. The van der Waals surface area contributed by atoms with Gasteiger partial charge in [0.25, 0.3) is 0 Å². The third kappa shape index (κ3) is 5.14. The minimum Gasteiger partial charge on any atom is -0.378 e. The van der Waals surface area contributed by atoms with Crippen molar-refractivity contribution >= 4 is 17.6 Å². The van der Waals surface area contributed by atoms with Gasteiger partial charge in [-0.1, -0.05) is 0 Å². The second-order valence-corrected chi connectivity index (χ2v) is 8.36. The largest absolute Gasteiger partial charge is 0.419 e. The van der Waals surface area contributed by atoms with Crippen molar-refractivity contribution in [3.05, 3.63) is 60.0 Å². The van der Waals surface area contributed by atoms with Gasteiger partial charge in [0.15, 0.2) is 0 Å². The topological polar surface area (TPSA) is 57.6 Å². The molecule has 1 aromatic carbocycles. The molecule has 2 saturated heterocycles. The molecule has 0 aliphatic carbocycles. The predicted octanol–water partition coefficient (Wildman–Crippen LogP) is 3.86. The molecule has 2 aliphatic heterocycles. The summed E-state index contributed by atoms with van der Waals surface area (Å²) in [5.74, 6) is 0.837. The quantitative estimate of drug-likeness (QED) is 0.517. The lowest BCUT2D eigenvalue weighted by Crippen LogP contribution is -2.48. The molecule has 0 radical (unpaired) electrons. The number of alkyl halides is 3. The van der Waals surface area contributed by atoms with Crippen LogP contribution in [0.1, 0.15) is 5.56 Å². The number of ether oxygens (including phenoxy) is 1. The van der Waals surface area contributed by atoms with Gasteiger partial charge >= 0.3 is 6.18 Å². The Morgan fingerprint density at radius 3 is 2.17 bits per heavy atom. The molecule has 0 bridgehead atoms. The van der Waals surface area contributed by atoms with E-state index in [1.165, 1.54) is 24.4 Å². The predicted molar refractivity (Wildman–Crippen MR) is 124 cm³/mol. The Labute approximate surface area is 200 Å². The molecular formula is C24H24F4N6O. The number of aromatic nitrogens is 3. The van der Waals surface area contributed by atoms with E-state index in [-0.39, 0.29) is 11.6 Å². The molecule has 2 fully saturated rings. The van der Waals surface area contributed by atoms with Gasteiger partial charge in [0.2, 0.25) is 5.95 Å².